The summed E-state index contributed by atoms with van der Waals surface area (Å²) < 4.78 is 0. The molecule has 0 aliphatic heterocycles. The summed E-state index contributed by atoms with van der Waals surface area (Å²) >= 11 is 0. The number of rotatable bonds is 6. The van der Waals surface area contributed by atoms with E-state index in [9.17, 15) is 9.59 Å². The second-order valence-corrected chi connectivity index (χ2v) is 6.48. The lowest BCUT2D eigenvalue weighted by atomic mass is 10.0. The molecule has 24 heavy (non-hydrogen) atoms. The zero-order valence-electron chi connectivity index (χ0n) is 14.8. The molecule has 1 aliphatic carbocycles. The van der Waals surface area contributed by atoms with E-state index >= 15 is 0 Å². The highest BCUT2D eigenvalue weighted by molar-refractivity contribution is 5.94. The molecule has 5 heteroatoms. The molecule has 0 aromatic heterocycles. The van der Waals surface area contributed by atoms with Crippen LogP contribution in [-0.2, 0) is 9.59 Å². The number of aryl methyl sites for hydroxylation is 2. The van der Waals surface area contributed by atoms with Gasteiger partial charge in [-0.25, -0.2) is 5.43 Å². The molecule has 0 spiro atoms. The lowest BCUT2D eigenvalue weighted by Gasteiger charge is -2.08. The van der Waals surface area contributed by atoms with E-state index in [1.54, 1.807) is 0 Å². The summed E-state index contributed by atoms with van der Waals surface area (Å²) in [6, 6.07) is 5.78. The van der Waals surface area contributed by atoms with Crippen LogP contribution in [0.15, 0.2) is 23.3 Å². The minimum Gasteiger partial charge on any atom is -0.326 e. The Morgan fingerprint density at radius 3 is 2.62 bits per heavy atom. The molecule has 130 valence electrons. The van der Waals surface area contributed by atoms with E-state index < -0.39 is 0 Å². The van der Waals surface area contributed by atoms with Crippen molar-refractivity contribution in [1.82, 2.24) is 5.43 Å². The molecule has 0 saturated heterocycles. The predicted molar refractivity (Wildman–Crippen MR) is 97.0 cm³/mol. The zero-order valence-corrected chi connectivity index (χ0v) is 14.8. The molecule has 1 unspecified atom stereocenters. The molecule has 2 N–H and O–H groups in total. The number of hydrazone groups is 1. The van der Waals surface area contributed by atoms with Gasteiger partial charge in [0.25, 0.3) is 0 Å². The second-order valence-electron chi connectivity index (χ2n) is 6.48. The van der Waals surface area contributed by atoms with E-state index in [-0.39, 0.29) is 24.7 Å². The Morgan fingerprint density at radius 2 is 1.92 bits per heavy atom. The van der Waals surface area contributed by atoms with Crippen molar-refractivity contribution in [2.45, 2.75) is 59.3 Å². The third-order valence-corrected chi connectivity index (χ3v) is 4.64. The maximum Gasteiger partial charge on any atom is 0.240 e. The minimum atomic E-state index is -0.209. The normalized spacial score (nSPS) is 18.6. The predicted octanol–water partition coefficient (Wildman–Crippen LogP) is 3.70. The van der Waals surface area contributed by atoms with Crippen molar-refractivity contribution in [3.8, 4) is 0 Å². The first-order chi connectivity index (χ1) is 11.5. The number of nitrogens with one attached hydrogen (secondary N) is 2. The molecule has 0 heterocycles. The van der Waals surface area contributed by atoms with Gasteiger partial charge in [0, 0.05) is 24.2 Å². The van der Waals surface area contributed by atoms with Crippen molar-refractivity contribution >= 4 is 23.2 Å². The van der Waals surface area contributed by atoms with Gasteiger partial charge in [-0.05, 0) is 68.7 Å². The van der Waals surface area contributed by atoms with Gasteiger partial charge in [0.05, 0.1) is 0 Å². The van der Waals surface area contributed by atoms with E-state index in [2.05, 4.69) is 22.8 Å². The van der Waals surface area contributed by atoms with Crippen LogP contribution in [-0.4, -0.2) is 17.5 Å². The van der Waals surface area contributed by atoms with Crippen LogP contribution in [0, 0.1) is 19.8 Å². The number of anilines is 1. The molecule has 1 aromatic rings. The Balaban J connectivity index is 1.75. The Hall–Kier alpha value is -2.17. The van der Waals surface area contributed by atoms with Gasteiger partial charge in [0.15, 0.2) is 0 Å². The first kappa shape index (κ1) is 18.2. The van der Waals surface area contributed by atoms with E-state index in [0.717, 1.165) is 42.6 Å². The van der Waals surface area contributed by atoms with Crippen molar-refractivity contribution in [2.24, 2.45) is 11.0 Å². The van der Waals surface area contributed by atoms with Gasteiger partial charge in [0.2, 0.25) is 11.8 Å². The lowest BCUT2D eigenvalue weighted by molar-refractivity contribution is -0.124. The monoisotopic (exact) mass is 329 g/mol. The number of hydrogen-bond donors (Lipinski definition) is 2. The number of hydrogen-bond acceptors (Lipinski definition) is 3. The average molecular weight is 329 g/mol. The fourth-order valence-electron chi connectivity index (χ4n) is 2.95. The zero-order chi connectivity index (χ0) is 17.5. The SMILES string of the molecule is CCC1CCC/C1=N\NC(=O)CCC(=O)Nc1ccc(C)c(C)c1. The summed E-state index contributed by atoms with van der Waals surface area (Å²) in [7, 11) is 0. The smallest absolute Gasteiger partial charge is 0.240 e. The fourth-order valence-corrected chi connectivity index (χ4v) is 2.95. The molecule has 1 aromatic carbocycles. The largest absolute Gasteiger partial charge is 0.326 e. The first-order valence-corrected chi connectivity index (χ1v) is 8.72. The Labute approximate surface area is 143 Å². The molecule has 1 fully saturated rings. The number of amides is 2. The van der Waals surface area contributed by atoms with Crippen LogP contribution in [0.4, 0.5) is 5.69 Å². The fraction of sp³-hybridized carbons (Fsp3) is 0.526. The Bertz CT molecular complexity index is 637. The first-order valence-electron chi connectivity index (χ1n) is 8.72. The molecule has 2 amide bonds. The lowest BCUT2D eigenvalue weighted by Crippen LogP contribution is -2.22. The van der Waals surface area contributed by atoms with E-state index in [1.165, 1.54) is 5.56 Å². The summed E-state index contributed by atoms with van der Waals surface area (Å²) in [5.74, 6) is 0.131. The van der Waals surface area contributed by atoms with Crippen LogP contribution in [0.3, 0.4) is 0 Å². The third kappa shape index (κ3) is 5.18. The van der Waals surface area contributed by atoms with E-state index in [1.807, 2.05) is 32.0 Å². The Kier molecular flexibility index (Phi) is 6.53. The summed E-state index contributed by atoms with van der Waals surface area (Å²) in [6.45, 7) is 6.18. The number of carbonyl (C=O) groups is 2. The molecular weight excluding hydrogens is 302 g/mol. The summed E-state index contributed by atoms with van der Waals surface area (Å²) in [5.41, 5.74) is 6.76. The van der Waals surface area contributed by atoms with Crippen molar-refractivity contribution in [3.63, 3.8) is 0 Å². The summed E-state index contributed by atoms with van der Waals surface area (Å²) in [5, 5.41) is 7.07. The quantitative estimate of drug-likeness (QED) is 0.781. The van der Waals surface area contributed by atoms with Crippen molar-refractivity contribution in [3.05, 3.63) is 29.3 Å². The van der Waals surface area contributed by atoms with Crippen molar-refractivity contribution in [2.75, 3.05) is 5.32 Å². The molecule has 2 rings (SSSR count). The standard InChI is InChI=1S/C19H27N3O2/c1-4-15-6-5-7-17(15)21-22-19(24)11-10-18(23)20-16-9-8-13(2)14(3)12-16/h8-9,12,15H,4-7,10-11H2,1-3H3,(H,20,23)(H,22,24)/b21-17+. The molecule has 1 saturated carbocycles. The Morgan fingerprint density at radius 1 is 1.17 bits per heavy atom. The van der Waals surface area contributed by atoms with E-state index in [4.69, 9.17) is 0 Å². The van der Waals surface area contributed by atoms with Gasteiger partial charge in [0.1, 0.15) is 0 Å². The topological polar surface area (TPSA) is 70.6 Å². The van der Waals surface area contributed by atoms with Gasteiger partial charge in [-0.2, -0.15) is 5.10 Å². The van der Waals surface area contributed by atoms with Gasteiger partial charge >= 0.3 is 0 Å². The number of carbonyl (C=O) groups excluding carboxylic acids is 2. The summed E-state index contributed by atoms with van der Waals surface area (Å²) in [4.78, 5) is 23.8. The highest BCUT2D eigenvalue weighted by Gasteiger charge is 2.21. The third-order valence-electron chi connectivity index (χ3n) is 4.64. The molecule has 0 radical (unpaired) electrons. The van der Waals surface area contributed by atoms with Crippen LogP contribution in [0.25, 0.3) is 0 Å². The minimum absolute atomic E-state index is 0.143. The van der Waals surface area contributed by atoms with Gasteiger partial charge in [-0.3, -0.25) is 9.59 Å². The average Bonchev–Trinajstić information content (AvgIpc) is 3.02. The molecule has 5 nitrogen and oxygen atoms in total. The molecule has 1 aliphatic rings. The maximum atomic E-state index is 11.9. The van der Waals surface area contributed by atoms with E-state index in [0.29, 0.717) is 5.92 Å². The molecule has 0 bridgehead atoms. The number of benzene rings is 1. The van der Waals surface area contributed by atoms with Gasteiger partial charge < -0.3 is 5.32 Å². The van der Waals surface area contributed by atoms with Crippen LogP contribution in [0.2, 0.25) is 0 Å². The van der Waals surface area contributed by atoms with Crippen LogP contribution in [0.1, 0.15) is 56.6 Å². The second kappa shape index (κ2) is 8.62. The van der Waals surface area contributed by atoms with Crippen LogP contribution < -0.4 is 10.7 Å². The van der Waals surface area contributed by atoms with Gasteiger partial charge in [-0.1, -0.05) is 13.0 Å². The van der Waals surface area contributed by atoms with Crippen molar-refractivity contribution in [1.29, 1.82) is 0 Å². The highest BCUT2D eigenvalue weighted by atomic mass is 16.2. The number of nitrogens with zero attached hydrogens (tertiary/aromatic N) is 1. The van der Waals surface area contributed by atoms with Crippen LogP contribution in [0.5, 0.6) is 0 Å². The van der Waals surface area contributed by atoms with Crippen molar-refractivity contribution < 1.29 is 9.59 Å². The molecule has 1 atom stereocenters. The van der Waals surface area contributed by atoms with Crippen LogP contribution >= 0.6 is 0 Å². The highest BCUT2D eigenvalue weighted by Crippen LogP contribution is 2.24. The maximum absolute atomic E-state index is 11.9. The molecular formula is C19H27N3O2. The summed E-state index contributed by atoms with van der Waals surface area (Å²) in [6.07, 6.45) is 4.62. The van der Waals surface area contributed by atoms with Gasteiger partial charge in [-0.15, -0.1) is 0 Å².